The van der Waals surface area contributed by atoms with Gasteiger partial charge in [-0.25, -0.2) is 8.78 Å². The summed E-state index contributed by atoms with van der Waals surface area (Å²) in [6.07, 6.45) is 5.88. The molecule has 4 aliphatic heterocycles. The number of rotatable bonds is 5. The molecule has 7 aromatic rings. The van der Waals surface area contributed by atoms with Crippen molar-refractivity contribution in [1.82, 2.24) is 0 Å². The second-order valence-corrected chi connectivity index (χ2v) is 18.2. The first-order valence-corrected chi connectivity index (χ1v) is 21.4. The molecule has 0 aromatic heterocycles. The third-order valence-electron chi connectivity index (χ3n) is 12.8. The molecule has 0 aliphatic carbocycles. The van der Waals surface area contributed by atoms with E-state index in [1.807, 2.05) is 6.08 Å². The number of halogens is 2. The summed E-state index contributed by atoms with van der Waals surface area (Å²) in [5.41, 5.74) is 16.7. The standard InChI is InChI=1S/C53H40B2F2N2S/c1-6-7-17-35(33-28-30-34(31-29-33)53(3,4)5)32(2)58-42-24-12-8-18-36(42)54-37-19-9-13-25-43(37)59-44-26-14-10-20-38(44)55-39-21-11-15-27-45(39)60-52-47(46-40(56)22-16-23-41(46)57)50(58)48(54)51(59)49(52)55/h6-31H,1H2,2-5H3/b17-7-,35-32-. The molecule has 0 fully saturated rings. The van der Waals surface area contributed by atoms with Gasteiger partial charge in [-0.2, -0.15) is 0 Å². The molecule has 0 bridgehead atoms. The Kier molecular flexibility index (Phi) is 8.34. The Morgan fingerprint density at radius 1 is 0.617 bits per heavy atom. The minimum absolute atomic E-state index is 0.00917. The summed E-state index contributed by atoms with van der Waals surface area (Å²) in [4.78, 5) is 6.71. The quantitative estimate of drug-likeness (QED) is 0.127. The fourth-order valence-corrected chi connectivity index (χ4v) is 11.5. The van der Waals surface area contributed by atoms with Crippen molar-refractivity contribution < 1.29 is 8.78 Å². The Morgan fingerprint density at radius 3 is 1.78 bits per heavy atom. The highest BCUT2D eigenvalue weighted by Crippen LogP contribution is 2.53. The maximum Gasteiger partial charge on any atom is 0.252 e. The number of nitrogens with zero attached hydrogens (tertiary/aromatic N) is 2. The van der Waals surface area contributed by atoms with E-state index in [1.54, 1.807) is 17.8 Å². The van der Waals surface area contributed by atoms with Gasteiger partial charge in [0.2, 0.25) is 6.71 Å². The molecule has 0 atom stereocenters. The summed E-state index contributed by atoms with van der Waals surface area (Å²) >= 11 is 1.63. The largest absolute Gasteiger partial charge is 0.314 e. The Morgan fingerprint density at radius 2 is 1.17 bits per heavy atom. The molecule has 0 spiro atoms. The van der Waals surface area contributed by atoms with Crippen molar-refractivity contribution in [3.63, 3.8) is 0 Å². The van der Waals surface area contributed by atoms with Gasteiger partial charge >= 0.3 is 0 Å². The minimum Gasteiger partial charge on any atom is -0.314 e. The van der Waals surface area contributed by atoms with Crippen LogP contribution in [0.1, 0.15) is 38.8 Å². The smallest absolute Gasteiger partial charge is 0.252 e. The number of hydrogen-bond acceptors (Lipinski definition) is 3. The zero-order valence-electron chi connectivity index (χ0n) is 33.9. The van der Waals surface area contributed by atoms with Gasteiger partial charge in [0.05, 0.1) is 11.3 Å². The first kappa shape index (κ1) is 36.8. The van der Waals surface area contributed by atoms with E-state index >= 15 is 8.78 Å². The molecule has 4 aliphatic rings. The Balaban J connectivity index is 1.35. The number of anilines is 5. The van der Waals surface area contributed by atoms with E-state index in [1.165, 1.54) is 34.7 Å². The normalized spacial score (nSPS) is 14.6. The highest BCUT2D eigenvalue weighted by molar-refractivity contribution is 8.00. The zero-order chi connectivity index (χ0) is 41.0. The highest BCUT2D eigenvalue weighted by atomic mass is 32.2. The number of benzene rings is 7. The van der Waals surface area contributed by atoms with Crippen molar-refractivity contribution in [2.75, 3.05) is 9.80 Å². The molecule has 4 heterocycles. The van der Waals surface area contributed by atoms with Gasteiger partial charge in [0.25, 0.3) is 6.71 Å². The molecule has 0 saturated carbocycles. The highest BCUT2D eigenvalue weighted by Gasteiger charge is 2.52. The van der Waals surface area contributed by atoms with Crippen LogP contribution in [0, 0.1) is 11.6 Å². The van der Waals surface area contributed by atoms with E-state index in [0.717, 1.165) is 76.9 Å². The summed E-state index contributed by atoms with van der Waals surface area (Å²) in [6, 6.07) is 47.6. The van der Waals surface area contributed by atoms with Crippen LogP contribution < -0.4 is 42.6 Å². The van der Waals surface area contributed by atoms with E-state index in [2.05, 4.69) is 171 Å². The van der Waals surface area contributed by atoms with Gasteiger partial charge in [0.1, 0.15) is 11.6 Å². The average molecular weight is 797 g/mol. The van der Waals surface area contributed by atoms with E-state index in [0.29, 0.717) is 5.56 Å². The fourth-order valence-electron chi connectivity index (χ4n) is 10.2. The number of allylic oxidation sites excluding steroid dienone is 5. The van der Waals surface area contributed by atoms with Crippen molar-refractivity contribution >= 4 is 92.0 Å². The molecule has 11 rings (SSSR count). The lowest BCUT2D eigenvalue weighted by Gasteiger charge is -2.50. The van der Waals surface area contributed by atoms with E-state index < -0.39 is 11.6 Å². The second kappa shape index (κ2) is 13.6. The first-order valence-electron chi connectivity index (χ1n) is 20.6. The van der Waals surface area contributed by atoms with Crippen molar-refractivity contribution in [3.8, 4) is 11.1 Å². The van der Waals surface area contributed by atoms with Gasteiger partial charge in [0, 0.05) is 49.4 Å². The molecule has 0 N–H and O–H groups in total. The third-order valence-corrected chi connectivity index (χ3v) is 14.0. The lowest BCUT2D eigenvalue weighted by atomic mass is 9.29. The van der Waals surface area contributed by atoms with Crippen molar-refractivity contribution in [2.45, 2.75) is 42.9 Å². The van der Waals surface area contributed by atoms with Crippen LogP contribution in [-0.2, 0) is 5.41 Å². The predicted octanol–water partition coefficient (Wildman–Crippen LogP) is 10.1. The zero-order valence-corrected chi connectivity index (χ0v) is 34.7. The van der Waals surface area contributed by atoms with Gasteiger partial charge in [-0.05, 0) is 87.2 Å². The third kappa shape index (κ3) is 5.21. The number of fused-ring (bicyclic) bond motifs is 10. The number of para-hydroxylation sites is 3. The monoisotopic (exact) mass is 796 g/mol. The van der Waals surface area contributed by atoms with Crippen LogP contribution in [0.2, 0.25) is 0 Å². The molecule has 0 amide bonds. The molecule has 7 aromatic carbocycles. The Labute approximate surface area is 355 Å². The second-order valence-electron chi connectivity index (χ2n) is 17.1. The molecule has 0 unspecified atom stereocenters. The molecular formula is C53H40B2F2N2S. The van der Waals surface area contributed by atoms with Gasteiger partial charge in [-0.1, -0.05) is 166 Å². The summed E-state index contributed by atoms with van der Waals surface area (Å²) in [5.74, 6) is -1.17. The van der Waals surface area contributed by atoms with Gasteiger partial charge in [-0.3, -0.25) is 0 Å². The van der Waals surface area contributed by atoms with Crippen LogP contribution >= 0.6 is 11.8 Å². The minimum atomic E-state index is -0.587. The summed E-state index contributed by atoms with van der Waals surface area (Å²) in [7, 11) is 0. The SMILES string of the molecule is C=C/C=C\C(=C(/C)N1c2ccccc2B2c3ccccc3N3c4ccccc4B4c5ccccc5Sc5c4c3c2c1c5-c1c(F)cccc1F)c1ccc(C(C)(C)C)cc1. The van der Waals surface area contributed by atoms with Gasteiger partial charge in [0.15, 0.2) is 0 Å². The van der Waals surface area contributed by atoms with Gasteiger partial charge < -0.3 is 9.80 Å². The van der Waals surface area contributed by atoms with Crippen LogP contribution in [0.5, 0.6) is 0 Å². The summed E-state index contributed by atoms with van der Waals surface area (Å²) in [5, 5.41) is 0. The van der Waals surface area contributed by atoms with Crippen molar-refractivity contribution in [3.05, 3.63) is 193 Å². The first-order chi connectivity index (χ1) is 29.2. The average Bonchev–Trinajstić information content (AvgIpc) is 3.26. The van der Waals surface area contributed by atoms with Crippen molar-refractivity contribution in [2.24, 2.45) is 0 Å². The maximum atomic E-state index is 17.0. The topological polar surface area (TPSA) is 6.48 Å². The molecule has 0 saturated heterocycles. The molecule has 0 radical (unpaired) electrons. The fraction of sp³-hybridized carbons (Fsp3) is 0.0943. The van der Waals surface area contributed by atoms with Crippen LogP contribution in [-0.4, -0.2) is 13.4 Å². The predicted molar refractivity (Wildman–Crippen MR) is 252 cm³/mol. The summed E-state index contributed by atoms with van der Waals surface area (Å²) in [6.45, 7) is 12.5. The van der Waals surface area contributed by atoms with Crippen LogP contribution in [0.25, 0.3) is 16.7 Å². The van der Waals surface area contributed by atoms with Gasteiger partial charge in [-0.15, -0.1) is 0 Å². The Hall–Kier alpha value is -6.30. The molecule has 60 heavy (non-hydrogen) atoms. The lowest BCUT2D eigenvalue weighted by Crippen LogP contribution is -2.68. The molecule has 288 valence electrons. The molecule has 7 heteroatoms. The Bertz CT molecular complexity index is 3000. The maximum absolute atomic E-state index is 17.0. The van der Waals surface area contributed by atoms with Crippen LogP contribution in [0.15, 0.2) is 180 Å². The van der Waals surface area contributed by atoms with E-state index in [-0.39, 0.29) is 24.4 Å². The molecular weight excluding hydrogens is 756 g/mol. The van der Waals surface area contributed by atoms with Crippen LogP contribution in [0.3, 0.4) is 0 Å². The van der Waals surface area contributed by atoms with E-state index in [9.17, 15) is 0 Å². The van der Waals surface area contributed by atoms with Crippen molar-refractivity contribution in [1.29, 1.82) is 0 Å². The lowest BCUT2D eigenvalue weighted by molar-refractivity contribution is 0.589. The summed E-state index contributed by atoms with van der Waals surface area (Å²) < 4.78 is 33.9. The molecule has 2 nitrogen and oxygen atoms in total. The number of hydrogen-bond donors (Lipinski definition) is 0. The van der Waals surface area contributed by atoms with E-state index in [4.69, 9.17) is 0 Å². The van der Waals surface area contributed by atoms with Crippen LogP contribution in [0.4, 0.5) is 37.2 Å².